The number of amides is 4. The maximum atomic E-state index is 13.4. The Labute approximate surface area is 241 Å². The van der Waals surface area contributed by atoms with Crippen molar-refractivity contribution < 1.29 is 32.3 Å². The number of nitrogens with one attached hydrogen (secondary N) is 3. The van der Waals surface area contributed by atoms with E-state index < -0.39 is 41.5 Å². The third-order valence-electron chi connectivity index (χ3n) is 6.56. The number of carbonyl (C=O) groups excluding carboxylic acids is 3. The van der Waals surface area contributed by atoms with Gasteiger partial charge < -0.3 is 20.7 Å². The lowest BCUT2D eigenvalue weighted by Gasteiger charge is -2.37. The number of para-hydroxylation sites is 1. The summed E-state index contributed by atoms with van der Waals surface area (Å²) in [6, 6.07) is 17.9. The van der Waals surface area contributed by atoms with Crippen molar-refractivity contribution in [3.8, 4) is 0 Å². The minimum absolute atomic E-state index is 0.112. The first-order chi connectivity index (χ1) is 20.1. The summed E-state index contributed by atoms with van der Waals surface area (Å²) in [6.45, 7) is 4.18. The number of anilines is 2. The second kappa shape index (κ2) is 13.2. The van der Waals surface area contributed by atoms with Crippen LogP contribution in [0.5, 0.6) is 0 Å². The van der Waals surface area contributed by atoms with E-state index in [0.29, 0.717) is 29.8 Å². The lowest BCUT2D eigenvalue weighted by atomic mass is 9.91. The second-order valence-corrected chi connectivity index (χ2v) is 9.48. The fourth-order valence-corrected chi connectivity index (χ4v) is 4.69. The molecule has 0 fully saturated rings. The standard InChI is InChI=1S/C31H31F3N4O4/c1-3-5-18-38-27(20-12-7-6-8-13-20)25(28(39)42-4-2)26(37-30(38)41)21-14-11-15-22(19-21)35-29(40)36-24-17-10-9-16-23(24)31(32,33)34/h6-17,19,26H,3-5,18H2,1-2H3,(H,37,41)(H2,35,36,40)/t26-/m1/s1. The quantitative estimate of drug-likeness (QED) is 0.233. The molecular weight excluding hydrogens is 549 g/mol. The van der Waals surface area contributed by atoms with Crippen LogP contribution >= 0.6 is 0 Å². The Morgan fingerprint density at radius 3 is 2.36 bits per heavy atom. The topological polar surface area (TPSA) is 99.8 Å². The molecule has 0 aromatic heterocycles. The fourth-order valence-electron chi connectivity index (χ4n) is 4.69. The molecule has 3 N–H and O–H groups in total. The van der Waals surface area contributed by atoms with Crippen LogP contribution in [0.3, 0.4) is 0 Å². The lowest BCUT2D eigenvalue weighted by Crippen LogP contribution is -2.48. The number of benzene rings is 3. The van der Waals surface area contributed by atoms with E-state index in [9.17, 15) is 27.6 Å². The number of unbranched alkanes of at least 4 members (excludes halogenated alkanes) is 1. The van der Waals surface area contributed by atoms with Gasteiger partial charge in [-0.15, -0.1) is 0 Å². The number of nitrogens with zero attached hydrogens (tertiary/aromatic N) is 1. The molecule has 0 saturated carbocycles. The van der Waals surface area contributed by atoms with E-state index in [1.165, 1.54) is 17.0 Å². The van der Waals surface area contributed by atoms with Crippen molar-refractivity contribution in [1.82, 2.24) is 10.2 Å². The van der Waals surface area contributed by atoms with Gasteiger partial charge in [-0.3, -0.25) is 4.90 Å². The Bertz CT molecular complexity index is 1470. The zero-order valence-corrected chi connectivity index (χ0v) is 23.1. The van der Waals surface area contributed by atoms with Crippen molar-refractivity contribution in [2.45, 2.75) is 38.9 Å². The highest BCUT2D eigenvalue weighted by Crippen LogP contribution is 2.38. The van der Waals surface area contributed by atoms with Crippen LogP contribution in [0.15, 0.2) is 84.4 Å². The highest BCUT2D eigenvalue weighted by Gasteiger charge is 2.39. The number of urea groups is 2. The van der Waals surface area contributed by atoms with Crippen molar-refractivity contribution in [3.05, 3.63) is 101 Å². The first kappa shape index (κ1) is 30.2. The van der Waals surface area contributed by atoms with Gasteiger partial charge in [-0.25, -0.2) is 14.4 Å². The minimum atomic E-state index is -4.65. The van der Waals surface area contributed by atoms with Gasteiger partial charge in [0, 0.05) is 12.2 Å². The molecule has 8 nitrogen and oxygen atoms in total. The number of hydrogen-bond donors (Lipinski definition) is 3. The maximum absolute atomic E-state index is 13.4. The second-order valence-electron chi connectivity index (χ2n) is 9.48. The minimum Gasteiger partial charge on any atom is -0.463 e. The van der Waals surface area contributed by atoms with Crippen molar-refractivity contribution in [2.75, 3.05) is 23.8 Å². The molecule has 3 aromatic rings. The molecule has 1 aliphatic rings. The van der Waals surface area contributed by atoms with Crippen molar-refractivity contribution in [2.24, 2.45) is 0 Å². The lowest BCUT2D eigenvalue weighted by molar-refractivity contribution is -0.139. The number of halogens is 3. The average Bonchev–Trinajstić information content (AvgIpc) is 2.96. The summed E-state index contributed by atoms with van der Waals surface area (Å²) in [4.78, 5) is 41.1. The van der Waals surface area contributed by atoms with Gasteiger partial charge in [0.15, 0.2) is 0 Å². The maximum Gasteiger partial charge on any atom is 0.418 e. The number of hydrogen-bond acceptors (Lipinski definition) is 4. The molecule has 42 heavy (non-hydrogen) atoms. The van der Waals surface area contributed by atoms with Gasteiger partial charge in [-0.2, -0.15) is 13.2 Å². The number of carbonyl (C=O) groups is 3. The largest absolute Gasteiger partial charge is 0.463 e. The molecule has 3 aromatic carbocycles. The van der Waals surface area contributed by atoms with Gasteiger partial charge in [0.1, 0.15) is 0 Å². The van der Waals surface area contributed by atoms with Gasteiger partial charge in [0.05, 0.1) is 35.2 Å². The van der Waals surface area contributed by atoms with Crippen LogP contribution in [0.4, 0.5) is 34.1 Å². The van der Waals surface area contributed by atoms with Crippen molar-refractivity contribution >= 4 is 35.1 Å². The number of esters is 1. The molecule has 220 valence electrons. The first-order valence-electron chi connectivity index (χ1n) is 13.5. The highest BCUT2D eigenvalue weighted by molar-refractivity contribution is 6.05. The number of alkyl halides is 3. The van der Waals surface area contributed by atoms with Crippen LogP contribution in [0, 0.1) is 0 Å². The van der Waals surface area contributed by atoms with Crippen LogP contribution in [0.25, 0.3) is 5.70 Å². The third kappa shape index (κ3) is 6.91. The van der Waals surface area contributed by atoms with E-state index in [4.69, 9.17) is 4.74 Å². The van der Waals surface area contributed by atoms with E-state index in [0.717, 1.165) is 18.6 Å². The van der Waals surface area contributed by atoms with Gasteiger partial charge in [-0.05, 0) is 48.7 Å². The zero-order valence-electron chi connectivity index (χ0n) is 23.1. The predicted octanol–water partition coefficient (Wildman–Crippen LogP) is 7.19. The van der Waals surface area contributed by atoms with Crippen LogP contribution in [0.1, 0.15) is 49.4 Å². The molecule has 4 rings (SSSR count). The fraction of sp³-hybridized carbons (Fsp3) is 0.258. The number of rotatable bonds is 9. The van der Waals surface area contributed by atoms with E-state index in [1.54, 1.807) is 31.2 Å². The Balaban J connectivity index is 1.71. The molecule has 0 saturated heterocycles. The van der Waals surface area contributed by atoms with Crippen molar-refractivity contribution in [3.63, 3.8) is 0 Å². The normalized spacial score (nSPS) is 15.2. The summed E-state index contributed by atoms with van der Waals surface area (Å²) in [7, 11) is 0. The van der Waals surface area contributed by atoms with Gasteiger partial charge in [-0.1, -0.05) is 67.9 Å². The van der Waals surface area contributed by atoms with E-state index in [-0.39, 0.29) is 17.9 Å². The summed E-state index contributed by atoms with van der Waals surface area (Å²) in [5.74, 6) is -0.609. The van der Waals surface area contributed by atoms with E-state index in [2.05, 4.69) is 16.0 Å². The molecular formula is C31H31F3N4O4. The molecule has 0 spiro atoms. The summed E-state index contributed by atoms with van der Waals surface area (Å²) in [5.41, 5.74) is 0.628. The summed E-state index contributed by atoms with van der Waals surface area (Å²) in [5, 5.41) is 7.68. The SMILES string of the molecule is CCCCN1C(=O)N[C@H](c2cccc(NC(=O)Nc3ccccc3C(F)(F)F)c2)C(C(=O)OCC)=C1c1ccccc1. The highest BCUT2D eigenvalue weighted by atomic mass is 19.4. The predicted molar refractivity (Wildman–Crippen MR) is 153 cm³/mol. The molecule has 11 heteroatoms. The molecule has 0 bridgehead atoms. The Hall–Kier alpha value is -4.80. The average molecular weight is 581 g/mol. The Morgan fingerprint density at radius 1 is 0.952 bits per heavy atom. The Kier molecular flexibility index (Phi) is 9.51. The van der Waals surface area contributed by atoms with Gasteiger partial charge >= 0.3 is 24.2 Å². The Morgan fingerprint density at radius 2 is 1.67 bits per heavy atom. The monoisotopic (exact) mass is 580 g/mol. The smallest absolute Gasteiger partial charge is 0.418 e. The third-order valence-corrected chi connectivity index (χ3v) is 6.56. The van der Waals surface area contributed by atoms with Crippen LogP contribution in [-0.2, 0) is 15.7 Å². The molecule has 0 unspecified atom stereocenters. The van der Waals surface area contributed by atoms with Gasteiger partial charge in [0.25, 0.3) is 0 Å². The first-order valence-corrected chi connectivity index (χ1v) is 13.5. The van der Waals surface area contributed by atoms with Crippen molar-refractivity contribution in [1.29, 1.82) is 0 Å². The van der Waals surface area contributed by atoms with Crippen LogP contribution in [0.2, 0.25) is 0 Å². The number of ether oxygens (including phenoxy) is 1. The van der Waals surface area contributed by atoms with Crippen LogP contribution in [-0.4, -0.2) is 36.1 Å². The summed E-state index contributed by atoms with van der Waals surface area (Å²) < 4.78 is 45.5. The summed E-state index contributed by atoms with van der Waals surface area (Å²) >= 11 is 0. The molecule has 4 amide bonds. The summed E-state index contributed by atoms with van der Waals surface area (Å²) in [6.07, 6.45) is -3.12. The molecule has 1 heterocycles. The molecule has 0 aliphatic carbocycles. The van der Waals surface area contributed by atoms with E-state index in [1.807, 2.05) is 37.3 Å². The zero-order chi connectivity index (χ0) is 30.3. The van der Waals surface area contributed by atoms with Crippen LogP contribution < -0.4 is 16.0 Å². The van der Waals surface area contributed by atoms with E-state index >= 15 is 0 Å². The molecule has 0 radical (unpaired) electrons. The molecule has 1 atom stereocenters. The molecule has 1 aliphatic heterocycles. The van der Waals surface area contributed by atoms with Gasteiger partial charge in [0.2, 0.25) is 0 Å².